The Morgan fingerprint density at radius 2 is 1.93 bits per heavy atom. The van der Waals surface area contributed by atoms with Crippen LogP contribution in [-0.2, 0) is 22.5 Å². The maximum absolute atomic E-state index is 13.8. The second kappa shape index (κ2) is 12.8. The van der Waals surface area contributed by atoms with E-state index in [1.54, 1.807) is 7.11 Å². The van der Waals surface area contributed by atoms with Crippen molar-refractivity contribution in [2.45, 2.75) is 19.0 Å². The smallest absolute Gasteiger partial charge is 0.318 e. The molecule has 2 fully saturated rings. The van der Waals surface area contributed by atoms with Crippen LogP contribution in [0.5, 0.6) is 6.01 Å². The van der Waals surface area contributed by atoms with Crippen LogP contribution in [0.3, 0.4) is 0 Å². The summed E-state index contributed by atoms with van der Waals surface area (Å²) >= 11 is 6.70. The Hall–Kier alpha value is -3.98. The van der Waals surface area contributed by atoms with E-state index in [4.69, 9.17) is 37.6 Å². The van der Waals surface area contributed by atoms with Gasteiger partial charge in [-0.05, 0) is 31.0 Å². The molecule has 0 saturated carbocycles. The summed E-state index contributed by atoms with van der Waals surface area (Å²) in [5.74, 6) is -1.05. The van der Waals surface area contributed by atoms with E-state index in [0.717, 1.165) is 53.2 Å². The summed E-state index contributed by atoms with van der Waals surface area (Å²) in [6, 6.07) is 11.9. The Bertz CT molecular complexity index is 1650. The largest absolute Gasteiger partial charge is 0.463 e. The van der Waals surface area contributed by atoms with Crippen LogP contribution in [0.15, 0.2) is 48.8 Å². The molecule has 0 spiro atoms. The number of carbonyl (C=O) groups is 1. The topological polar surface area (TPSA) is 78.6 Å². The first-order chi connectivity index (χ1) is 21.7. The third kappa shape index (κ3) is 6.15. The first-order valence-electron chi connectivity index (χ1n) is 15.1. The molecule has 3 aromatic rings. The summed E-state index contributed by atoms with van der Waals surface area (Å²) in [5, 5.41) is 2.77. The average molecular weight is 634 g/mol. The van der Waals surface area contributed by atoms with Gasteiger partial charge in [0.15, 0.2) is 5.83 Å². The minimum Gasteiger partial charge on any atom is -0.463 e. The highest BCUT2D eigenvalue weighted by atomic mass is 35.5. The second-order valence-electron chi connectivity index (χ2n) is 12.3. The number of rotatable bonds is 9. The Morgan fingerprint density at radius 3 is 2.64 bits per heavy atom. The lowest BCUT2D eigenvalue weighted by molar-refractivity contribution is -0.131. The molecule has 4 heterocycles. The van der Waals surface area contributed by atoms with Crippen LogP contribution >= 0.6 is 11.6 Å². The number of fused-ring (bicyclic) bond motifs is 2. The number of benzene rings is 2. The van der Waals surface area contributed by atoms with Crippen molar-refractivity contribution in [1.82, 2.24) is 19.8 Å². The minimum absolute atomic E-state index is 0.0504. The van der Waals surface area contributed by atoms with Crippen molar-refractivity contribution in [1.29, 1.82) is 0 Å². The van der Waals surface area contributed by atoms with Gasteiger partial charge in [0, 0.05) is 63.0 Å². The Kier molecular flexibility index (Phi) is 8.82. The lowest BCUT2D eigenvalue weighted by Gasteiger charge is -2.47. The van der Waals surface area contributed by atoms with E-state index in [0.29, 0.717) is 44.3 Å². The predicted molar refractivity (Wildman–Crippen MR) is 172 cm³/mol. The van der Waals surface area contributed by atoms with Gasteiger partial charge in [-0.3, -0.25) is 4.79 Å². The number of methoxy groups -OCH3 is 1. The van der Waals surface area contributed by atoms with Crippen molar-refractivity contribution >= 4 is 39.8 Å². The summed E-state index contributed by atoms with van der Waals surface area (Å²) in [7, 11) is 3.77. The number of nitrogens with zero attached hydrogens (tertiary/aromatic N) is 7. The molecule has 0 aliphatic carbocycles. The molecule has 6 rings (SSSR count). The van der Waals surface area contributed by atoms with Gasteiger partial charge in [0.2, 0.25) is 6.54 Å². The minimum atomic E-state index is -1.02. The first kappa shape index (κ1) is 31.0. The number of anilines is 2. The Labute approximate surface area is 267 Å². The zero-order valence-corrected chi connectivity index (χ0v) is 26.4. The summed E-state index contributed by atoms with van der Waals surface area (Å²) in [6.07, 6.45) is 0.679. The second-order valence-corrected chi connectivity index (χ2v) is 12.7. The van der Waals surface area contributed by atoms with Gasteiger partial charge in [0.05, 0.1) is 29.3 Å². The van der Waals surface area contributed by atoms with Crippen molar-refractivity contribution < 1.29 is 18.7 Å². The molecule has 0 radical (unpaired) electrons. The third-order valence-corrected chi connectivity index (χ3v) is 9.26. The highest BCUT2D eigenvalue weighted by molar-refractivity contribution is 6.36. The third-order valence-electron chi connectivity index (χ3n) is 8.94. The molecule has 0 bridgehead atoms. The molecule has 45 heavy (non-hydrogen) atoms. The molecule has 12 heteroatoms. The number of hydrogen-bond donors (Lipinski definition) is 0. The van der Waals surface area contributed by atoms with Gasteiger partial charge in [-0.2, -0.15) is 9.97 Å². The molecule has 0 N–H and O–H groups in total. The lowest BCUT2D eigenvalue weighted by atomic mass is 9.82. The molecular weight excluding hydrogens is 597 g/mol. The Morgan fingerprint density at radius 1 is 1.16 bits per heavy atom. The van der Waals surface area contributed by atoms with Crippen molar-refractivity contribution in [3.63, 3.8) is 0 Å². The normalized spacial score (nSPS) is 19.5. The standard InChI is InChI=1S/C33H37ClFN7O3/c1-22(35)31(43)42-14-13-41(16-24(42)15-36-2)30-25-11-12-40(28-10-6-8-23-7-5-9-26(34)29(23)28)17-27(25)37-32(38-30)45-21-33(20-44-4)18-39(3)19-33/h5-10,24H,1,11-21H2,3-4H3/t24-/m0/s1. The van der Waals surface area contributed by atoms with Crippen molar-refractivity contribution in [2.24, 2.45) is 5.41 Å². The van der Waals surface area contributed by atoms with Crippen molar-refractivity contribution in [3.8, 4) is 6.01 Å². The Balaban J connectivity index is 1.34. The monoisotopic (exact) mass is 633 g/mol. The van der Waals surface area contributed by atoms with Crippen LogP contribution < -0.4 is 14.5 Å². The zero-order valence-electron chi connectivity index (χ0n) is 25.6. The van der Waals surface area contributed by atoms with Crippen LogP contribution in [0.2, 0.25) is 5.02 Å². The van der Waals surface area contributed by atoms with Gasteiger partial charge >= 0.3 is 6.01 Å². The lowest BCUT2D eigenvalue weighted by Crippen LogP contribution is -2.59. The fraction of sp³-hybridized carbons (Fsp3) is 0.455. The van der Waals surface area contributed by atoms with Gasteiger partial charge in [0.25, 0.3) is 5.91 Å². The highest BCUT2D eigenvalue weighted by Crippen LogP contribution is 2.38. The molecule has 3 aliphatic rings. The van der Waals surface area contributed by atoms with Gasteiger partial charge in [-0.1, -0.05) is 42.4 Å². The number of ether oxygens (including phenoxy) is 2. The zero-order chi connectivity index (χ0) is 31.7. The number of halogens is 2. The summed E-state index contributed by atoms with van der Waals surface area (Å²) in [5.41, 5.74) is 2.76. The fourth-order valence-corrected chi connectivity index (χ4v) is 7.32. The molecule has 1 aromatic heterocycles. The number of hydrogen-bond acceptors (Lipinski definition) is 8. The fourth-order valence-electron chi connectivity index (χ4n) is 7.04. The van der Waals surface area contributed by atoms with E-state index in [-0.39, 0.29) is 24.5 Å². The van der Waals surface area contributed by atoms with E-state index in [1.165, 1.54) is 4.90 Å². The molecule has 1 amide bonds. The first-order valence-corrected chi connectivity index (χ1v) is 15.5. The van der Waals surface area contributed by atoms with Gasteiger partial charge in [0.1, 0.15) is 18.5 Å². The maximum atomic E-state index is 13.8. The van der Waals surface area contributed by atoms with Gasteiger partial charge in [-0.25, -0.2) is 11.0 Å². The van der Waals surface area contributed by atoms with E-state index in [9.17, 15) is 9.18 Å². The molecule has 1 atom stereocenters. The van der Waals surface area contributed by atoms with Crippen LogP contribution in [0.4, 0.5) is 15.9 Å². The summed E-state index contributed by atoms with van der Waals surface area (Å²) in [6.45, 7) is 15.7. The molecule has 236 valence electrons. The molecule has 2 saturated heterocycles. The van der Waals surface area contributed by atoms with E-state index < -0.39 is 17.8 Å². The van der Waals surface area contributed by atoms with Crippen LogP contribution in [0.1, 0.15) is 11.3 Å². The van der Waals surface area contributed by atoms with E-state index >= 15 is 0 Å². The molecule has 10 nitrogen and oxygen atoms in total. The maximum Gasteiger partial charge on any atom is 0.318 e. The SMILES string of the molecule is [C-]#[N+]C[C@H]1CN(c2nc(OCC3(COC)CN(C)C3)nc3c2CCN(c2cccc4cccc(Cl)c24)C3)CCN1C(=O)C(=C)F. The van der Waals surface area contributed by atoms with E-state index in [1.807, 2.05) is 18.2 Å². The quantitative estimate of drug-likeness (QED) is 0.256. The number of aromatic nitrogens is 2. The number of carbonyl (C=O) groups excluding carboxylic acids is 1. The van der Waals surface area contributed by atoms with Crippen molar-refractivity contribution in [3.05, 3.63) is 76.5 Å². The van der Waals surface area contributed by atoms with Crippen LogP contribution in [0, 0.1) is 12.0 Å². The highest BCUT2D eigenvalue weighted by Gasteiger charge is 2.43. The molecular formula is C33H37ClFN7O3. The predicted octanol–water partition coefficient (Wildman–Crippen LogP) is 4.22. The average Bonchev–Trinajstić information content (AvgIpc) is 3.02. The number of likely N-dealkylation sites (tertiary alicyclic amines) is 1. The van der Waals surface area contributed by atoms with Gasteiger partial charge < -0.3 is 33.9 Å². The molecule has 3 aliphatic heterocycles. The van der Waals surface area contributed by atoms with Crippen LogP contribution in [0.25, 0.3) is 15.6 Å². The molecule has 0 unspecified atom stereocenters. The van der Waals surface area contributed by atoms with Crippen molar-refractivity contribution in [2.75, 3.05) is 83.0 Å². The number of piperazine rings is 1. The number of amides is 1. The summed E-state index contributed by atoms with van der Waals surface area (Å²) in [4.78, 5) is 34.0. The van der Waals surface area contributed by atoms with Gasteiger partial charge in [-0.15, -0.1) is 0 Å². The summed E-state index contributed by atoms with van der Waals surface area (Å²) < 4.78 is 25.7. The van der Waals surface area contributed by atoms with Crippen LogP contribution in [-0.4, -0.2) is 105 Å². The van der Waals surface area contributed by atoms with E-state index in [2.05, 4.69) is 51.4 Å². The molecule has 2 aromatic carbocycles.